The van der Waals surface area contributed by atoms with Crippen LogP contribution in [0.25, 0.3) is 11.0 Å². The molecule has 0 atom stereocenters. The maximum absolute atomic E-state index is 6.55. The van der Waals surface area contributed by atoms with E-state index in [4.69, 9.17) is 14.5 Å². The van der Waals surface area contributed by atoms with Crippen LogP contribution in [0.4, 0.5) is 5.69 Å². The van der Waals surface area contributed by atoms with Crippen molar-refractivity contribution in [3.05, 3.63) is 47.8 Å². The Balaban J connectivity index is 1.28. The zero-order valence-corrected chi connectivity index (χ0v) is 19.0. The van der Waals surface area contributed by atoms with Gasteiger partial charge in [-0.25, -0.2) is 4.98 Å². The average Bonchev–Trinajstić information content (AvgIpc) is 2.83. The quantitative estimate of drug-likeness (QED) is 0.601. The van der Waals surface area contributed by atoms with Crippen LogP contribution in [0.5, 0.6) is 5.75 Å². The number of aryl methyl sites for hydroxylation is 2. The number of ether oxygens (including phenoxy) is 2. The number of hydrogen-bond donors (Lipinski definition) is 0. The van der Waals surface area contributed by atoms with Crippen LogP contribution < -0.4 is 9.64 Å². The summed E-state index contributed by atoms with van der Waals surface area (Å²) >= 11 is 0. The van der Waals surface area contributed by atoms with Gasteiger partial charge >= 0.3 is 0 Å². The first-order chi connectivity index (χ1) is 15.7. The van der Waals surface area contributed by atoms with Gasteiger partial charge in [0.25, 0.3) is 0 Å². The van der Waals surface area contributed by atoms with Gasteiger partial charge in [0, 0.05) is 43.4 Å². The Morgan fingerprint density at radius 3 is 2.59 bits per heavy atom. The number of anilines is 1. The molecule has 0 spiro atoms. The van der Waals surface area contributed by atoms with Crippen LogP contribution in [0.2, 0.25) is 0 Å². The second kappa shape index (κ2) is 9.36. The molecule has 7 heteroatoms. The summed E-state index contributed by atoms with van der Waals surface area (Å²) < 4.78 is 12.1. The first-order valence-electron chi connectivity index (χ1n) is 11.7. The van der Waals surface area contributed by atoms with Crippen molar-refractivity contribution in [3.8, 4) is 5.75 Å². The topological polar surface area (TPSA) is 73.3 Å². The predicted octanol–water partition coefficient (Wildman–Crippen LogP) is 4.05. The number of benzene rings is 1. The van der Waals surface area contributed by atoms with Crippen molar-refractivity contribution < 1.29 is 9.47 Å². The highest BCUT2D eigenvalue weighted by Crippen LogP contribution is 2.34. The van der Waals surface area contributed by atoms with Gasteiger partial charge in [-0.3, -0.25) is 15.0 Å². The molecule has 1 aliphatic heterocycles. The van der Waals surface area contributed by atoms with Crippen LogP contribution in [0, 0.1) is 19.8 Å². The number of hydrogen-bond acceptors (Lipinski definition) is 7. The molecule has 1 saturated carbocycles. The lowest BCUT2D eigenvalue weighted by Crippen LogP contribution is -2.36. The van der Waals surface area contributed by atoms with Crippen molar-refractivity contribution in [1.29, 1.82) is 0 Å². The van der Waals surface area contributed by atoms with E-state index in [1.54, 1.807) is 12.4 Å². The van der Waals surface area contributed by atoms with E-state index >= 15 is 0 Å². The fourth-order valence-corrected chi connectivity index (χ4v) is 4.81. The average molecular weight is 434 g/mol. The minimum Gasteiger partial charge on any atom is -0.488 e. The van der Waals surface area contributed by atoms with Crippen molar-refractivity contribution in [2.75, 3.05) is 31.2 Å². The molecule has 0 N–H and O–H groups in total. The molecule has 7 nitrogen and oxygen atoms in total. The standard InChI is InChI=1S/C25H31N5O2/c1-17-16-28-18(2)22(29-17)13-19-3-5-21(6-4-19)32-24-15-20(30-9-11-31-12-10-30)14-23-25(24)27-8-7-26-23/h7-8,14-16,19,21H,3-6,9-13H2,1-2H3. The van der Waals surface area contributed by atoms with Crippen molar-refractivity contribution in [3.63, 3.8) is 0 Å². The monoisotopic (exact) mass is 433 g/mol. The number of morpholine rings is 1. The highest BCUT2D eigenvalue weighted by Gasteiger charge is 2.25. The molecule has 2 fully saturated rings. The van der Waals surface area contributed by atoms with Crippen LogP contribution in [0.15, 0.2) is 30.7 Å². The first kappa shape index (κ1) is 21.1. The maximum Gasteiger partial charge on any atom is 0.149 e. The largest absolute Gasteiger partial charge is 0.488 e. The minimum atomic E-state index is 0.209. The van der Waals surface area contributed by atoms with Gasteiger partial charge in [0.15, 0.2) is 0 Å². The summed E-state index contributed by atoms with van der Waals surface area (Å²) in [5.41, 5.74) is 6.06. The lowest BCUT2D eigenvalue weighted by molar-refractivity contribution is 0.122. The summed E-state index contributed by atoms with van der Waals surface area (Å²) in [7, 11) is 0. The van der Waals surface area contributed by atoms with Crippen molar-refractivity contribution in [2.24, 2.45) is 5.92 Å². The summed E-state index contributed by atoms with van der Waals surface area (Å²) in [4.78, 5) is 20.7. The third-order valence-corrected chi connectivity index (χ3v) is 6.64. The van der Waals surface area contributed by atoms with E-state index in [2.05, 4.69) is 38.9 Å². The number of aromatic nitrogens is 4. The minimum absolute atomic E-state index is 0.209. The van der Waals surface area contributed by atoms with Crippen molar-refractivity contribution in [2.45, 2.75) is 52.1 Å². The van der Waals surface area contributed by atoms with Crippen LogP contribution in [0.1, 0.15) is 42.8 Å². The Morgan fingerprint density at radius 1 is 1.00 bits per heavy atom. The zero-order chi connectivity index (χ0) is 21.9. The SMILES string of the molecule is Cc1cnc(C)c(CC2CCC(Oc3cc(N4CCOCC4)cc4nccnc34)CC2)n1. The van der Waals surface area contributed by atoms with Crippen LogP contribution in [0.3, 0.4) is 0 Å². The Morgan fingerprint density at radius 2 is 1.78 bits per heavy atom. The molecule has 168 valence electrons. The number of nitrogens with zero attached hydrogens (tertiary/aromatic N) is 5. The van der Waals surface area contributed by atoms with Gasteiger partial charge in [0.05, 0.1) is 41.9 Å². The fraction of sp³-hybridized carbons (Fsp3) is 0.520. The fourth-order valence-electron chi connectivity index (χ4n) is 4.81. The molecule has 2 aromatic heterocycles. The second-order valence-electron chi connectivity index (χ2n) is 8.98. The molecular formula is C25H31N5O2. The van der Waals surface area contributed by atoms with Crippen molar-refractivity contribution >= 4 is 16.7 Å². The molecule has 1 aliphatic carbocycles. The summed E-state index contributed by atoms with van der Waals surface area (Å²) in [6, 6.07) is 4.25. The lowest BCUT2D eigenvalue weighted by atomic mass is 9.84. The zero-order valence-electron chi connectivity index (χ0n) is 19.0. The van der Waals surface area contributed by atoms with Crippen LogP contribution in [-0.2, 0) is 11.2 Å². The molecule has 0 bridgehead atoms. The predicted molar refractivity (Wildman–Crippen MR) is 124 cm³/mol. The molecule has 1 aromatic carbocycles. The molecule has 0 amide bonds. The van der Waals surface area contributed by atoms with Gasteiger partial charge in [-0.1, -0.05) is 0 Å². The van der Waals surface area contributed by atoms with Gasteiger partial charge < -0.3 is 14.4 Å². The van der Waals surface area contributed by atoms with E-state index in [9.17, 15) is 0 Å². The summed E-state index contributed by atoms with van der Waals surface area (Å²) in [6.45, 7) is 7.35. The lowest BCUT2D eigenvalue weighted by Gasteiger charge is -2.31. The van der Waals surface area contributed by atoms with E-state index in [1.807, 2.05) is 13.1 Å². The van der Waals surface area contributed by atoms with Crippen LogP contribution in [-0.4, -0.2) is 52.3 Å². The van der Waals surface area contributed by atoms with Crippen molar-refractivity contribution in [1.82, 2.24) is 19.9 Å². The van der Waals surface area contributed by atoms with Gasteiger partial charge in [-0.05, 0) is 57.9 Å². The van der Waals surface area contributed by atoms with Gasteiger partial charge in [0.2, 0.25) is 0 Å². The number of rotatable bonds is 5. The van der Waals surface area contributed by atoms with E-state index in [0.717, 1.165) is 98.0 Å². The summed E-state index contributed by atoms with van der Waals surface area (Å²) in [5, 5.41) is 0. The molecule has 3 aromatic rings. The summed E-state index contributed by atoms with van der Waals surface area (Å²) in [6.07, 6.45) is 10.9. The van der Waals surface area contributed by atoms with E-state index in [-0.39, 0.29) is 6.10 Å². The highest BCUT2D eigenvalue weighted by molar-refractivity contribution is 5.85. The Labute approximate surface area is 189 Å². The molecular weight excluding hydrogens is 402 g/mol. The molecule has 1 saturated heterocycles. The normalized spacial score (nSPS) is 21.6. The molecule has 5 rings (SSSR count). The van der Waals surface area contributed by atoms with Gasteiger partial charge in [-0.15, -0.1) is 0 Å². The van der Waals surface area contributed by atoms with Gasteiger partial charge in [-0.2, -0.15) is 0 Å². The first-order valence-corrected chi connectivity index (χ1v) is 11.7. The second-order valence-corrected chi connectivity index (χ2v) is 8.98. The van der Waals surface area contributed by atoms with E-state index in [0.29, 0.717) is 5.92 Å². The maximum atomic E-state index is 6.55. The van der Waals surface area contributed by atoms with Crippen LogP contribution >= 0.6 is 0 Å². The smallest absolute Gasteiger partial charge is 0.149 e. The molecule has 32 heavy (non-hydrogen) atoms. The summed E-state index contributed by atoms with van der Waals surface area (Å²) in [5.74, 6) is 1.49. The third-order valence-electron chi connectivity index (χ3n) is 6.64. The molecule has 2 aliphatic rings. The Hall–Kier alpha value is -2.80. The molecule has 3 heterocycles. The van der Waals surface area contributed by atoms with E-state index in [1.165, 1.54) is 0 Å². The van der Waals surface area contributed by atoms with E-state index < -0.39 is 0 Å². The highest BCUT2D eigenvalue weighted by atomic mass is 16.5. The Kier molecular flexibility index (Phi) is 6.17. The van der Waals surface area contributed by atoms with Gasteiger partial charge in [0.1, 0.15) is 11.3 Å². The molecule has 0 unspecified atom stereocenters. The Bertz CT molecular complexity index is 1080. The number of fused-ring (bicyclic) bond motifs is 1. The molecule has 0 radical (unpaired) electrons. The third kappa shape index (κ3) is 4.67.